The molecule has 0 N–H and O–H groups in total. The zero-order valence-electron chi connectivity index (χ0n) is 5.96. The highest BCUT2D eigenvalue weighted by Crippen LogP contribution is 1.99. The van der Waals surface area contributed by atoms with E-state index < -0.39 is 8.69 Å². The molecule has 0 rings (SSSR count). The van der Waals surface area contributed by atoms with Gasteiger partial charge in [-0.25, -0.2) is 0 Å². The third-order valence-electron chi connectivity index (χ3n) is 0.909. The Bertz CT molecular complexity index is 68.7. The summed E-state index contributed by atoms with van der Waals surface area (Å²) in [5, 5.41) is 0. The fourth-order valence-corrected chi connectivity index (χ4v) is 0.694. The molecule has 1 atom stereocenters. The van der Waals surface area contributed by atoms with Gasteiger partial charge in [0, 0.05) is 9.93 Å². The van der Waals surface area contributed by atoms with Crippen LogP contribution in [0.1, 0.15) is 26.2 Å². The van der Waals surface area contributed by atoms with Gasteiger partial charge in [0.15, 0.2) is 0 Å². The predicted octanol–water partition coefficient (Wildman–Crippen LogP) is 2.20. The molecule has 0 amide bonds. The maximum absolute atomic E-state index is 9.70. The molecule has 5 heteroatoms. The molecule has 0 aromatic rings. The molecule has 0 aliphatic heterocycles. The number of hydrogen-bond donors (Lipinski definition) is 0. The normalized spacial score (nSPS) is 8.50. The number of rotatable bonds is 5. The van der Waals surface area contributed by atoms with Crippen molar-refractivity contribution in [2.75, 3.05) is 6.61 Å². The van der Waals surface area contributed by atoms with E-state index in [1.165, 1.54) is 12.8 Å². The molecule has 0 saturated carbocycles. The first-order valence-corrected chi connectivity index (χ1v) is 3.89. The van der Waals surface area contributed by atoms with Gasteiger partial charge in [0.2, 0.25) is 0 Å². The third kappa shape index (κ3) is 15.6. The Labute approximate surface area is 61.5 Å². The van der Waals surface area contributed by atoms with Gasteiger partial charge in [0.1, 0.15) is 6.61 Å². The van der Waals surface area contributed by atoms with Crippen LogP contribution in [0.2, 0.25) is 0 Å². The Morgan fingerprint density at radius 1 is 1.30 bits per heavy atom. The van der Waals surface area contributed by atoms with Crippen LogP contribution in [-0.2, 0) is 9.09 Å². The largest absolute Gasteiger partial charge is 0.494 e. The smallest absolute Gasteiger partial charge is 0.148 e. The highest BCUT2D eigenvalue weighted by Gasteiger charge is 1.89. The van der Waals surface area contributed by atoms with Gasteiger partial charge in [-0.3, -0.25) is 0 Å². The van der Waals surface area contributed by atoms with Crippen LogP contribution in [0.5, 0.6) is 0 Å². The van der Waals surface area contributed by atoms with Gasteiger partial charge < -0.3 is 0 Å². The monoisotopic (exact) mass is 167 g/mol. The van der Waals surface area contributed by atoms with Crippen LogP contribution >= 0.6 is 8.69 Å². The van der Waals surface area contributed by atoms with Crippen LogP contribution in [0.25, 0.3) is 0 Å². The lowest BCUT2D eigenvalue weighted by atomic mass is 10.3. The van der Waals surface area contributed by atoms with E-state index >= 15 is 0 Å². The van der Waals surface area contributed by atoms with Crippen LogP contribution in [-0.4, -0.2) is 6.61 Å². The second-order valence-corrected chi connectivity index (χ2v) is 2.09. The van der Waals surface area contributed by atoms with Crippen LogP contribution < -0.4 is 0 Å². The van der Waals surface area contributed by atoms with Gasteiger partial charge in [-0.05, 0) is 11.0 Å². The molecule has 0 radical (unpaired) electrons. The highest BCUT2D eigenvalue weighted by molar-refractivity contribution is 7.17. The predicted molar refractivity (Wildman–Crippen MR) is 41.2 cm³/mol. The maximum atomic E-state index is 9.70. The lowest BCUT2D eigenvalue weighted by Crippen LogP contribution is -1.81. The van der Waals surface area contributed by atoms with Crippen LogP contribution in [0.3, 0.4) is 0 Å². The van der Waals surface area contributed by atoms with Crippen molar-refractivity contribution in [3.05, 3.63) is 9.93 Å². The Morgan fingerprint density at radius 3 is 2.30 bits per heavy atom. The van der Waals surface area contributed by atoms with Gasteiger partial charge >= 0.3 is 8.69 Å². The summed E-state index contributed by atoms with van der Waals surface area (Å²) in [5.41, 5.74) is 0. The summed E-state index contributed by atoms with van der Waals surface area (Å²) < 4.78 is 14.3. The van der Waals surface area contributed by atoms with E-state index in [1.807, 2.05) is 0 Å². The minimum absolute atomic E-state index is 0.581. The second kappa shape index (κ2) is 15.9. The maximum Gasteiger partial charge on any atom is 0.494 e. The fourth-order valence-electron chi connectivity index (χ4n) is 0.466. The molecule has 1 unspecified atom stereocenters. The lowest BCUT2D eigenvalue weighted by Gasteiger charge is -1.87. The molecule has 60 valence electrons. The first-order valence-electron chi connectivity index (χ1n) is 3.07. The second-order valence-electron chi connectivity index (χ2n) is 1.64. The number of hydrogen-bond acceptors (Lipinski definition) is 4. The van der Waals surface area contributed by atoms with Gasteiger partial charge in [-0.2, -0.15) is 0 Å². The van der Waals surface area contributed by atoms with E-state index in [9.17, 15) is 4.57 Å². The molecule has 0 bridgehead atoms. The molecule has 0 heterocycles. The van der Waals surface area contributed by atoms with Crippen molar-refractivity contribution in [1.29, 1.82) is 0 Å². The summed E-state index contributed by atoms with van der Waals surface area (Å²) in [7, 11) is -0.581. The molecule has 0 spiro atoms. The van der Waals surface area contributed by atoms with Gasteiger partial charge in [0.25, 0.3) is 0 Å². The quantitative estimate of drug-likeness (QED) is 0.465. The molecular formula is C5H12O4P+. The van der Waals surface area contributed by atoms with E-state index in [0.717, 1.165) is 6.42 Å². The Hall–Kier alpha value is -0.340. The third-order valence-corrected chi connectivity index (χ3v) is 1.23. The topological polar surface area (TPSA) is 60.4 Å². The van der Waals surface area contributed by atoms with Crippen LogP contribution in [0, 0.1) is 9.93 Å². The van der Waals surface area contributed by atoms with Crippen molar-refractivity contribution in [3.8, 4) is 0 Å². The first kappa shape index (κ1) is 12.3. The van der Waals surface area contributed by atoms with E-state index in [1.54, 1.807) is 0 Å². The number of unbranched alkanes of at least 4 members (excludes halogenated alkanes) is 2. The molecule has 0 aromatic carbocycles. The molecule has 4 nitrogen and oxygen atoms in total. The van der Waals surface area contributed by atoms with Gasteiger partial charge in [-0.15, -0.1) is 4.52 Å². The SMILES string of the molecule is CCCCCO[PH+]=O.O=O. The van der Waals surface area contributed by atoms with Gasteiger partial charge in [-0.1, -0.05) is 19.8 Å². The molecular weight excluding hydrogens is 155 g/mol. The standard InChI is InChI=1S/C5H12O2P.O2/c1-2-3-4-5-7-8-6;1-2/h8H,2-5H2,1H3;/q+1;. The first-order chi connectivity index (χ1) is 4.91. The van der Waals surface area contributed by atoms with E-state index in [-0.39, 0.29) is 0 Å². The fraction of sp³-hybridized carbons (Fsp3) is 1.00. The van der Waals surface area contributed by atoms with Crippen molar-refractivity contribution in [2.24, 2.45) is 0 Å². The van der Waals surface area contributed by atoms with Crippen molar-refractivity contribution in [3.63, 3.8) is 0 Å². The van der Waals surface area contributed by atoms with E-state index in [2.05, 4.69) is 11.4 Å². The summed E-state index contributed by atoms with van der Waals surface area (Å²) in [6, 6.07) is 0. The summed E-state index contributed by atoms with van der Waals surface area (Å²) >= 11 is 0. The van der Waals surface area contributed by atoms with Crippen LogP contribution in [0.4, 0.5) is 0 Å². The minimum Gasteiger partial charge on any atom is -0.148 e. The van der Waals surface area contributed by atoms with Crippen molar-refractivity contribution in [1.82, 2.24) is 0 Å². The zero-order valence-corrected chi connectivity index (χ0v) is 6.96. The van der Waals surface area contributed by atoms with Crippen molar-refractivity contribution < 1.29 is 9.09 Å². The summed E-state index contributed by atoms with van der Waals surface area (Å²) in [6.07, 6.45) is 3.39. The summed E-state index contributed by atoms with van der Waals surface area (Å²) in [4.78, 5) is 14.0. The minimum atomic E-state index is -0.581. The van der Waals surface area contributed by atoms with Gasteiger partial charge in [0.05, 0.1) is 0 Å². The van der Waals surface area contributed by atoms with E-state index in [4.69, 9.17) is 9.93 Å². The Kier molecular flexibility index (Phi) is 19.6. The Morgan fingerprint density at radius 2 is 1.90 bits per heavy atom. The highest BCUT2D eigenvalue weighted by atomic mass is 31.1. The zero-order chi connectivity index (χ0) is 8.24. The lowest BCUT2D eigenvalue weighted by molar-refractivity contribution is 0.330. The summed E-state index contributed by atoms with van der Waals surface area (Å²) in [5.74, 6) is 0. The molecule has 10 heavy (non-hydrogen) atoms. The average molecular weight is 167 g/mol. The van der Waals surface area contributed by atoms with E-state index in [0.29, 0.717) is 6.61 Å². The van der Waals surface area contributed by atoms with Crippen LogP contribution in [0.15, 0.2) is 0 Å². The molecule has 0 aliphatic rings. The molecule has 0 fully saturated rings. The molecule has 0 aromatic heterocycles. The molecule has 0 saturated heterocycles. The molecule has 0 aliphatic carbocycles. The average Bonchev–Trinajstić information content (AvgIpc) is 2.02. The summed E-state index contributed by atoms with van der Waals surface area (Å²) in [6.45, 7) is 2.77. The van der Waals surface area contributed by atoms with Crippen molar-refractivity contribution in [2.45, 2.75) is 26.2 Å². The van der Waals surface area contributed by atoms with Crippen molar-refractivity contribution >= 4 is 8.69 Å². The Balaban J connectivity index is 0.